The summed E-state index contributed by atoms with van der Waals surface area (Å²) in [6.45, 7) is 10.6. The first-order chi connectivity index (χ1) is 10.8. The highest BCUT2D eigenvalue weighted by atomic mass is 16.5. The molecule has 0 unspecified atom stereocenters. The van der Waals surface area contributed by atoms with Crippen molar-refractivity contribution in [1.82, 2.24) is 9.88 Å². The Morgan fingerprint density at radius 2 is 2.05 bits per heavy atom. The van der Waals surface area contributed by atoms with Crippen LogP contribution >= 0.6 is 0 Å². The Morgan fingerprint density at radius 1 is 1.23 bits per heavy atom. The maximum absolute atomic E-state index is 5.50. The molecule has 0 N–H and O–H groups in total. The van der Waals surface area contributed by atoms with Crippen LogP contribution in [0.1, 0.15) is 44.7 Å². The molecular weight excluding hydrogens is 274 g/mol. The molecule has 0 amide bonds. The predicted molar refractivity (Wildman–Crippen MR) is 90.3 cm³/mol. The summed E-state index contributed by atoms with van der Waals surface area (Å²) in [7, 11) is 0. The Balaban J connectivity index is 1.85. The number of anilines is 1. The monoisotopic (exact) mass is 303 g/mol. The molecule has 22 heavy (non-hydrogen) atoms. The minimum Gasteiger partial charge on any atom is -0.378 e. The van der Waals surface area contributed by atoms with E-state index in [4.69, 9.17) is 9.72 Å². The molecule has 4 nitrogen and oxygen atoms in total. The van der Waals surface area contributed by atoms with Crippen LogP contribution in [0.25, 0.3) is 0 Å². The van der Waals surface area contributed by atoms with Gasteiger partial charge in [-0.15, -0.1) is 0 Å². The second-order valence-electron chi connectivity index (χ2n) is 6.92. The molecule has 0 radical (unpaired) electrons. The van der Waals surface area contributed by atoms with Crippen LogP contribution in [0.15, 0.2) is 18.3 Å². The first-order valence-corrected chi connectivity index (χ1v) is 8.77. The third-order valence-corrected chi connectivity index (χ3v) is 4.70. The maximum atomic E-state index is 5.50. The number of piperidine rings is 1. The number of aromatic nitrogens is 1. The molecular formula is C18H29N3O. The number of nitrogens with zero attached hydrogens (tertiary/aromatic N) is 3. The highest BCUT2D eigenvalue weighted by Gasteiger charge is 2.28. The second kappa shape index (κ2) is 7.42. The van der Waals surface area contributed by atoms with Crippen LogP contribution in [0.3, 0.4) is 0 Å². The van der Waals surface area contributed by atoms with Crippen molar-refractivity contribution in [2.24, 2.45) is 5.92 Å². The van der Waals surface area contributed by atoms with E-state index in [1.165, 1.54) is 43.7 Å². The lowest BCUT2D eigenvalue weighted by molar-refractivity contribution is 0.120. The van der Waals surface area contributed by atoms with Crippen molar-refractivity contribution in [3.8, 4) is 0 Å². The van der Waals surface area contributed by atoms with E-state index in [2.05, 4.69) is 35.8 Å². The average molecular weight is 303 g/mol. The summed E-state index contributed by atoms with van der Waals surface area (Å²) in [4.78, 5) is 9.81. The molecule has 0 bridgehead atoms. The molecule has 1 atom stereocenters. The van der Waals surface area contributed by atoms with Crippen LogP contribution in [0, 0.1) is 5.92 Å². The standard InChI is InChI=1S/C18H29N3O/c1-15(2)14-21-9-4-3-7-17(21)16-6-5-8-19-18(16)20-10-12-22-13-11-20/h5-6,8,15,17H,3-4,7,9-14H2,1-2H3/t17-/m0/s1. The number of likely N-dealkylation sites (tertiary alicyclic amines) is 1. The van der Waals surface area contributed by atoms with E-state index in [9.17, 15) is 0 Å². The Hall–Kier alpha value is -1.13. The second-order valence-corrected chi connectivity index (χ2v) is 6.92. The number of ether oxygens (including phenoxy) is 1. The van der Waals surface area contributed by atoms with Crippen LogP contribution in [0.4, 0.5) is 5.82 Å². The van der Waals surface area contributed by atoms with Crippen molar-refractivity contribution < 1.29 is 4.74 Å². The molecule has 0 aromatic carbocycles. The van der Waals surface area contributed by atoms with Crippen LogP contribution in [0.2, 0.25) is 0 Å². The summed E-state index contributed by atoms with van der Waals surface area (Å²) in [5, 5.41) is 0. The molecule has 1 aromatic heterocycles. The summed E-state index contributed by atoms with van der Waals surface area (Å²) < 4.78 is 5.50. The molecule has 1 aromatic rings. The number of rotatable bonds is 4. The van der Waals surface area contributed by atoms with Gasteiger partial charge >= 0.3 is 0 Å². The predicted octanol–water partition coefficient (Wildman–Crippen LogP) is 3.10. The molecule has 2 fully saturated rings. The van der Waals surface area contributed by atoms with Crippen molar-refractivity contribution in [3.63, 3.8) is 0 Å². The number of pyridine rings is 1. The number of hydrogen-bond acceptors (Lipinski definition) is 4. The summed E-state index contributed by atoms with van der Waals surface area (Å²) in [6.07, 6.45) is 5.85. The van der Waals surface area contributed by atoms with Crippen LogP contribution < -0.4 is 4.90 Å². The lowest BCUT2D eigenvalue weighted by atomic mass is 9.94. The van der Waals surface area contributed by atoms with Gasteiger partial charge in [0.1, 0.15) is 5.82 Å². The van der Waals surface area contributed by atoms with Crippen LogP contribution in [-0.4, -0.2) is 49.3 Å². The zero-order valence-electron chi connectivity index (χ0n) is 14.0. The smallest absolute Gasteiger partial charge is 0.133 e. The third-order valence-electron chi connectivity index (χ3n) is 4.70. The molecule has 2 saturated heterocycles. The first-order valence-electron chi connectivity index (χ1n) is 8.77. The van der Waals surface area contributed by atoms with E-state index < -0.39 is 0 Å². The molecule has 0 spiro atoms. The largest absolute Gasteiger partial charge is 0.378 e. The van der Waals surface area contributed by atoms with Gasteiger partial charge in [0, 0.05) is 37.4 Å². The molecule has 2 aliphatic heterocycles. The summed E-state index contributed by atoms with van der Waals surface area (Å²) in [6, 6.07) is 4.92. The van der Waals surface area contributed by atoms with Crippen LogP contribution in [0.5, 0.6) is 0 Å². The van der Waals surface area contributed by atoms with E-state index in [0.717, 1.165) is 26.3 Å². The molecule has 0 aliphatic carbocycles. The van der Waals surface area contributed by atoms with Gasteiger partial charge in [-0.3, -0.25) is 4.90 Å². The quantitative estimate of drug-likeness (QED) is 0.854. The van der Waals surface area contributed by atoms with Crippen molar-refractivity contribution >= 4 is 5.82 Å². The number of morpholine rings is 1. The Kier molecular flexibility index (Phi) is 5.32. The van der Waals surface area contributed by atoms with Gasteiger partial charge in [-0.25, -0.2) is 4.98 Å². The fourth-order valence-electron chi connectivity index (χ4n) is 3.74. The normalized spacial score (nSPS) is 24.0. The number of hydrogen-bond donors (Lipinski definition) is 0. The van der Waals surface area contributed by atoms with Crippen molar-refractivity contribution in [2.75, 3.05) is 44.3 Å². The minimum atomic E-state index is 0.530. The molecule has 3 heterocycles. The summed E-state index contributed by atoms with van der Waals surface area (Å²) in [5.41, 5.74) is 1.42. The SMILES string of the molecule is CC(C)CN1CCCC[C@H]1c1cccnc1N1CCOCC1. The van der Waals surface area contributed by atoms with Gasteiger partial charge in [0.15, 0.2) is 0 Å². The average Bonchev–Trinajstić information content (AvgIpc) is 2.56. The highest BCUT2D eigenvalue weighted by Crippen LogP contribution is 2.35. The summed E-state index contributed by atoms with van der Waals surface area (Å²) in [5.74, 6) is 1.90. The molecule has 3 rings (SSSR count). The lowest BCUT2D eigenvalue weighted by Crippen LogP contribution is -2.40. The minimum absolute atomic E-state index is 0.530. The molecule has 122 valence electrons. The summed E-state index contributed by atoms with van der Waals surface area (Å²) >= 11 is 0. The first kappa shape index (κ1) is 15.8. The van der Waals surface area contributed by atoms with E-state index in [1.807, 2.05) is 6.20 Å². The van der Waals surface area contributed by atoms with Crippen molar-refractivity contribution in [2.45, 2.75) is 39.2 Å². The fraction of sp³-hybridized carbons (Fsp3) is 0.722. The van der Waals surface area contributed by atoms with Gasteiger partial charge in [-0.05, 0) is 31.4 Å². The van der Waals surface area contributed by atoms with E-state index in [1.54, 1.807) is 0 Å². The molecule has 2 aliphatic rings. The Labute approximate surface area is 134 Å². The van der Waals surface area contributed by atoms with Gasteiger partial charge in [-0.2, -0.15) is 0 Å². The third kappa shape index (κ3) is 3.61. The van der Waals surface area contributed by atoms with Gasteiger partial charge in [0.05, 0.1) is 13.2 Å². The van der Waals surface area contributed by atoms with Gasteiger partial charge in [0.25, 0.3) is 0 Å². The van der Waals surface area contributed by atoms with E-state index in [-0.39, 0.29) is 0 Å². The van der Waals surface area contributed by atoms with E-state index >= 15 is 0 Å². The van der Waals surface area contributed by atoms with Crippen molar-refractivity contribution in [1.29, 1.82) is 0 Å². The van der Waals surface area contributed by atoms with Gasteiger partial charge in [0.2, 0.25) is 0 Å². The van der Waals surface area contributed by atoms with Gasteiger partial charge in [-0.1, -0.05) is 26.3 Å². The zero-order valence-corrected chi connectivity index (χ0v) is 14.0. The molecule has 4 heteroatoms. The van der Waals surface area contributed by atoms with Crippen molar-refractivity contribution in [3.05, 3.63) is 23.9 Å². The van der Waals surface area contributed by atoms with Crippen LogP contribution in [-0.2, 0) is 4.74 Å². The Morgan fingerprint density at radius 3 is 2.82 bits per heavy atom. The van der Waals surface area contributed by atoms with E-state index in [0.29, 0.717) is 12.0 Å². The lowest BCUT2D eigenvalue weighted by Gasteiger charge is -2.39. The zero-order chi connectivity index (χ0) is 15.4. The Bertz CT molecular complexity index is 471. The maximum Gasteiger partial charge on any atom is 0.133 e. The fourth-order valence-corrected chi connectivity index (χ4v) is 3.74. The molecule has 0 saturated carbocycles. The highest BCUT2D eigenvalue weighted by molar-refractivity contribution is 5.49. The topological polar surface area (TPSA) is 28.6 Å². The van der Waals surface area contributed by atoms with Gasteiger partial charge < -0.3 is 9.64 Å².